The van der Waals surface area contributed by atoms with Crippen LogP contribution < -0.4 is 9.62 Å². The van der Waals surface area contributed by atoms with Gasteiger partial charge in [-0.1, -0.05) is 110 Å². The summed E-state index contributed by atoms with van der Waals surface area (Å²) in [6, 6.07) is 30.2. The third-order valence-electron chi connectivity index (χ3n) is 7.66. The molecule has 2 amide bonds. The molecule has 0 aromatic heterocycles. The molecule has 7 nitrogen and oxygen atoms in total. The number of hydrogen-bond acceptors (Lipinski definition) is 4. The fourth-order valence-electron chi connectivity index (χ4n) is 5.18. The van der Waals surface area contributed by atoms with Gasteiger partial charge >= 0.3 is 0 Å². The van der Waals surface area contributed by atoms with Crippen LogP contribution in [0.2, 0.25) is 0 Å². The van der Waals surface area contributed by atoms with Crippen LogP contribution >= 0.6 is 0 Å². The van der Waals surface area contributed by atoms with Crippen molar-refractivity contribution in [3.05, 3.63) is 131 Å². The predicted molar refractivity (Wildman–Crippen MR) is 180 cm³/mol. The van der Waals surface area contributed by atoms with Crippen LogP contribution in [0.15, 0.2) is 108 Å². The number of anilines is 1. The maximum atomic E-state index is 14.6. The first-order valence-corrected chi connectivity index (χ1v) is 16.7. The smallest absolute Gasteiger partial charge is 0.264 e. The molecule has 236 valence electrons. The summed E-state index contributed by atoms with van der Waals surface area (Å²) in [5, 5.41) is 3.03. The molecule has 0 bridgehead atoms. The van der Waals surface area contributed by atoms with E-state index >= 15 is 0 Å². The molecule has 0 saturated heterocycles. The molecule has 0 heterocycles. The Labute approximate surface area is 268 Å². The minimum atomic E-state index is -4.14. The summed E-state index contributed by atoms with van der Waals surface area (Å²) in [7, 11) is -4.14. The lowest BCUT2D eigenvalue weighted by Crippen LogP contribution is -2.53. The Hall–Kier alpha value is -4.43. The largest absolute Gasteiger partial charge is 0.354 e. The molecular weight excluding hydrogens is 582 g/mol. The SMILES string of the molecule is Cc1ccc(S(=O)(=O)N(CC(=O)N(Cc2cccc(C)c2)C(Cc2ccccc2)C(=O)NCC(C)C)c2ccccc2C)cc1. The fraction of sp³-hybridized carbons (Fsp3) is 0.297. The standard InChI is InChI=1S/C37H43N3O4S/c1-27(2)24-38-37(42)35(23-31-14-7-6-8-15-31)39(25-32-16-11-12-29(4)22-32)36(41)26-40(34-17-10-9-13-30(34)5)45(43,44)33-20-18-28(3)19-21-33/h6-22,27,35H,23-26H2,1-5H3,(H,38,42). The summed E-state index contributed by atoms with van der Waals surface area (Å²) >= 11 is 0. The number of sulfonamides is 1. The van der Waals surface area contributed by atoms with E-state index in [-0.39, 0.29) is 29.7 Å². The van der Waals surface area contributed by atoms with Gasteiger partial charge in [0.15, 0.2) is 0 Å². The number of benzene rings is 4. The van der Waals surface area contributed by atoms with Gasteiger partial charge in [-0.25, -0.2) is 8.42 Å². The minimum absolute atomic E-state index is 0.0879. The summed E-state index contributed by atoms with van der Waals surface area (Å²) < 4.78 is 29.6. The summed E-state index contributed by atoms with van der Waals surface area (Å²) in [4.78, 5) is 30.1. The van der Waals surface area contributed by atoms with Gasteiger partial charge in [0, 0.05) is 19.5 Å². The third-order valence-corrected chi connectivity index (χ3v) is 9.44. The van der Waals surface area contributed by atoms with Crippen molar-refractivity contribution in [1.82, 2.24) is 10.2 Å². The lowest BCUT2D eigenvalue weighted by molar-refractivity contribution is -0.140. The van der Waals surface area contributed by atoms with Gasteiger partial charge in [0.05, 0.1) is 10.6 Å². The molecule has 1 atom stereocenters. The molecule has 0 aliphatic carbocycles. The highest BCUT2D eigenvalue weighted by Gasteiger charge is 2.35. The van der Waals surface area contributed by atoms with Crippen molar-refractivity contribution in [3.8, 4) is 0 Å². The van der Waals surface area contributed by atoms with Crippen molar-refractivity contribution in [2.45, 2.75) is 58.5 Å². The molecule has 45 heavy (non-hydrogen) atoms. The van der Waals surface area contributed by atoms with Crippen LogP contribution in [0.1, 0.15) is 41.7 Å². The molecule has 0 aliphatic rings. The average Bonchev–Trinajstić information content (AvgIpc) is 3.01. The molecule has 1 N–H and O–H groups in total. The van der Waals surface area contributed by atoms with Gasteiger partial charge in [0.2, 0.25) is 11.8 Å². The Morgan fingerprint density at radius 1 is 0.756 bits per heavy atom. The second-order valence-corrected chi connectivity index (χ2v) is 13.8. The van der Waals surface area contributed by atoms with Gasteiger partial charge in [-0.3, -0.25) is 13.9 Å². The first-order valence-electron chi connectivity index (χ1n) is 15.3. The Morgan fingerprint density at radius 2 is 1.40 bits per heavy atom. The van der Waals surface area contributed by atoms with Crippen molar-refractivity contribution >= 4 is 27.5 Å². The van der Waals surface area contributed by atoms with E-state index in [1.54, 1.807) is 36.4 Å². The lowest BCUT2D eigenvalue weighted by atomic mass is 10.0. The zero-order valence-corrected chi connectivity index (χ0v) is 27.6. The number of amides is 2. The second kappa shape index (κ2) is 15.0. The van der Waals surface area contributed by atoms with E-state index in [9.17, 15) is 18.0 Å². The monoisotopic (exact) mass is 625 g/mol. The Morgan fingerprint density at radius 3 is 2.04 bits per heavy atom. The minimum Gasteiger partial charge on any atom is -0.354 e. The normalized spacial score (nSPS) is 12.0. The maximum Gasteiger partial charge on any atom is 0.264 e. The van der Waals surface area contributed by atoms with Crippen LogP contribution in [0.4, 0.5) is 5.69 Å². The van der Waals surface area contributed by atoms with E-state index in [4.69, 9.17) is 0 Å². The van der Waals surface area contributed by atoms with E-state index in [1.165, 1.54) is 9.21 Å². The van der Waals surface area contributed by atoms with Gasteiger partial charge in [0.25, 0.3) is 10.0 Å². The number of nitrogens with one attached hydrogen (secondary N) is 1. The first kappa shape index (κ1) is 33.5. The zero-order valence-electron chi connectivity index (χ0n) is 26.7. The molecule has 4 aromatic carbocycles. The Bertz CT molecular complexity index is 1700. The number of hydrogen-bond donors (Lipinski definition) is 1. The van der Waals surface area contributed by atoms with Crippen molar-refractivity contribution in [1.29, 1.82) is 0 Å². The van der Waals surface area contributed by atoms with Gasteiger partial charge in [0.1, 0.15) is 12.6 Å². The van der Waals surface area contributed by atoms with Crippen LogP contribution in [-0.4, -0.2) is 44.3 Å². The highest BCUT2D eigenvalue weighted by molar-refractivity contribution is 7.92. The Balaban J connectivity index is 1.81. The lowest BCUT2D eigenvalue weighted by Gasteiger charge is -2.34. The highest BCUT2D eigenvalue weighted by atomic mass is 32.2. The van der Waals surface area contributed by atoms with Crippen molar-refractivity contribution in [2.24, 2.45) is 5.92 Å². The van der Waals surface area contributed by atoms with Crippen molar-refractivity contribution in [2.75, 3.05) is 17.4 Å². The van der Waals surface area contributed by atoms with Gasteiger partial charge in [-0.2, -0.15) is 0 Å². The molecule has 0 fully saturated rings. The number of nitrogens with zero attached hydrogens (tertiary/aromatic N) is 2. The number of aryl methyl sites for hydroxylation is 3. The van der Waals surface area contributed by atoms with E-state index in [0.29, 0.717) is 17.8 Å². The third kappa shape index (κ3) is 8.82. The van der Waals surface area contributed by atoms with Crippen LogP contribution in [0.3, 0.4) is 0 Å². The average molecular weight is 626 g/mol. The van der Waals surface area contributed by atoms with E-state index in [2.05, 4.69) is 5.32 Å². The maximum absolute atomic E-state index is 14.6. The highest BCUT2D eigenvalue weighted by Crippen LogP contribution is 2.28. The number of para-hydroxylation sites is 1. The predicted octanol–water partition coefficient (Wildman–Crippen LogP) is 6.22. The van der Waals surface area contributed by atoms with E-state index < -0.39 is 28.5 Å². The summed E-state index contributed by atoms with van der Waals surface area (Å²) in [5.41, 5.74) is 4.81. The zero-order chi connectivity index (χ0) is 32.6. The molecule has 0 saturated carbocycles. The summed E-state index contributed by atoms with van der Waals surface area (Å²) in [5.74, 6) is -0.545. The molecule has 0 spiro atoms. The van der Waals surface area contributed by atoms with Gasteiger partial charge in [-0.15, -0.1) is 0 Å². The second-order valence-electron chi connectivity index (χ2n) is 12.0. The number of rotatable bonds is 13. The molecule has 0 radical (unpaired) electrons. The number of carbonyl (C=O) groups excluding carboxylic acids is 2. The molecule has 0 aliphatic heterocycles. The van der Waals surface area contributed by atoms with Crippen LogP contribution in [0.5, 0.6) is 0 Å². The Kier molecular flexibility index (Phi) is 11.2. The molecule has 4 rings (SSSR count). The number of carbonyl (C=O) groups is 2. The molecular formula is C37H43N3O4S. The van der Waals surface area contributed by atoms with Gasteiger partial charge < -0.3 is 10.2 Å². The summed E-state index contributed by atoms with van der Waals surface area (Å²) in [6.45, 7) is 9.82. The summed E-state index contributed by atoms with van der Waals surface area (Å²) in [6.07, 6.45) is 0.275. The van der Waals surface area contributed by atoms with Crippen LogP contribution in [0.25, 0.3) is 0 Å². The molecule has 8 heteroatoms. The first-order chi connectivity index (χ1) is 21.5. The molecule has 1 unspecified atom stereocenters. The van der Waals surface area contributed by atoms with Crippen LogP contribution in [-0.2, 0) is 32.6 Å². The van der Waals surface area contributed by atoms with Gasteiger partial charge in [-0.05, 0) is 61.6 Å². The van der Waals surface area contributed by atoms with Crippen LogP contribution in [0, 0.1) is 26.7 Å². The van der Waals surface area contributed by atoms with Crippen molar-refractivity contribution < 1.29 is 18.0 Å². The quantitative estimate of drug-likeness (QED) is 0.191. The van der Waals surface area contributed by atoms with E-state index in [1.807, 2.05) is 101 Å². The topological polar surface area (TPSA) is 86.8 Å². The fourth-order valence-corrected chi connectivity index (χ4v) is 6.66. The molecule has 4 aromatic rings. The van der Waals surface area contributed by atoms with E-state index in [0.717, 1.165) is 22.3 Å². The van der Waals surface area contributed by atoms with Crippen molar-refractivity contribution in [3.63, 3.8) is 0 Å².